The first kappa shape index (κ1) is 54.4. The summed E-state index contributed by atoms with van der Waals surface area (Å²) in [4.78, 5) is 9.79. The fourth-order valence-corrected chi connectivity index (χ4v) is 13.0. The Bertz CT molecular complexity index is 3400. The normalized spacial score (nSPS) is 13.4. The number of aromatic nitrogens is 2. The van der Waals surface area contributed by atoms with Crippen LogP contribution in [-0.4, -0.2) is 9.55 Å². The zero-order chi connectivity index (χ0) is 53.2. The van der Waals surface area contributed by atoms with Crippen LogP contribution in [0.4, 0.5) is 22.7 Å². The molecule has 0 unspecified atom stereocenters. The number of ether oxygens (including phenoxy) is 1. The summed E-state index contributed by atoms with van der Waals surface area (Å²) in [5.41, 5.74) is 13.0. The van der Waals surface area contributed by atoms with Crippen LogP contribution in [0.1, 0.15) is 130 Å². The van der Waals surface area contributed by atoms with Crippen molar-refractivity contribution in [3.8, 4) is 17.3 Å². The van der Waals surface area contributed by atoms with Gasteiger partial charge in [0, 0.05) is 72.2 Å². The van der Waals surface area contributed by atoms with Crippen molar-refractivity contribution in [1.29, 1.82) is 0 Å². The zero-order valence-electron chi connectivity index (χ0n) is 47.1. The zero-order valence-corrected chi connectivity index (χ0v) is 49.3. The fourth-order valence-electron chi connectivity index (χ4n) is 13.0. The molecule has 0 saturated heterocycles. The molecule has 394 valence electrons. The summed E-state index contributed by atoms with van der Waals surface area (Å²) < 4.78 is 9.24. The van der Waals surface area contributed by atoms with Gasteiger partial charge in [-0.3, -0.25) is 0 Å². The molecule has 6 heteroatoms. The molecule has 3 heterocycles. The summed E-state index contributed by atoms with van der Waals surface area (Å²) in [7, 11) is 0. The van der Waals surface area contributed by atoms with Crippen LogP contribution >= 0.6 is 0 Å². The van der Waals surface area contributed by atoms with Crippen LogP contribution in [0, 0.1) is 42.5 Å². The maximum atomic E-state index is 7.02. The van der Waals surface area contributed by atoms with E-state index in [4.69, 9.17) is 9.72 Å². The second-order valence-electron chi connectivity index (χ2n) is 24.2. The molecular formula is C70H75N4OPt-3. The van der Waals surface area contributed by atoms with Gasteiger partial charge in [0.15, 0.2) is 0 Å². The van der Waals surface area contributed by atoms with Crippen LogP contribution in [-0.2, 0) is 42.7 Å². The molecule has 0 saturated carbocycles. The van der Waals surface area contributed by atoms with Gasteiger partial charge in [0.25, 0.3) is 0 Å². The molecule has 0 amide bonds. The Morgan fingerprint density at radius 3 is 1.55 bits per heavy atom. The molecule has 0 bridgehead atoms. The second kappa shape index (κ2) is 20.8. The van der Waals surface area contributed by atoms with E-state index in [2.05, 4.69) is 288 Å². The first-order valence-electron chi connectivity index (χ1n) is 27.2. The van der Waals surface area contributed by atoms with E-state index >= 15 is 0 Å². The number of fused-ring (bicyclic) bond motifs is 4. The van der Waals surface area contributed by atoms with Crippen molar-refractivity contribution in [3.05, 3.63) is 222 Å². The summed E-state index contributed by atoms with van der Waals surface area (Å²) in [6.45, 7) is 35.2. The van der Waals surface area contributed by atoms with Crippen LogP contribution in [0.3, 0.4) is 0 Å². The number of benzene rings is 7. The van der Waals surface area contributed by atoms with Gasteiger partial charge >= 0.3 is 0 Å². The predicted molar refractivity (Wildman–Crippen MR) is 315 cm³/mol. The topological polar surface area (TPSA) is 33.5 Å². The average Bonchev–Trinajstić information content (AvgIpc) is 3.99. The third-order valence-corrected chi connectivity index (χ3v) is 16.5. The minimum absolute atomic E-state index is 0. The standard InChI is InChI=1S/C70H75N4O.Pt/c1-46(2)69(47(3)4,50-26-17-15-18-27-50)59-31-25-32-60(70(48(5)6,49(7)8)51-28-19-16-20-29-51)66(59)73-45-72(62-34-23-24-35-63(62)73)54-40-53(68(12,13)14)41-56(43-54)75-55-36-37-58-57-30-21-22-33-61(57)74(64(58)44-55)65-42-52(38-39-71-65)67(9,10)11;/h15-42,45-49H,1-14H3;/q-3;. The first-order chi connectivity index (χ1) is 35.8. The number of hydrogen-bond acceptors (Lipinski definition) is 4. The molecule has 76 heavy (non-hydrogen) atoms. The average molecular weight is 1180 g/mol. The summed E-state index contributed by atoms with van der Waals surface area (Å²) in [6.07, 6.45) is 1.92. The van der Waals surface area contributed by atoms with Crippen molar-refractivity contribution in [3.63, 3.8) is 0 Å². The molecular weight excluding hydrogens is 1110 g/mol. The van der Waals surface area contributed by atoms with Gasteiger partial charge in [0.05, 0.1) is 0 Å². The largest absolute Gasteiger partial charge is 0.509 e. The van der Waals surface area contributed by atoms with Crippen LogP contribution in [0.2, 0.25) is 0 Å². The van der Waals surface area contributed by atoms with E-state index in [0.717, 1.165) is 50.2 Å². The smallest absolute Gasteiger partial charge is 0.135 e. The molecule has 0 radical (unpaired) electrons. The van der Waals surface area contributed by atoms with Crippen LogP contribution < -0.4 is 14.5 Å². The summed E-state index contributed by atoms with van der Waals surface area (Å²) >= 11 is 0. The van der Waals surface area contributed by atoms with Crippen molar-refractivity contribution in [2.75, 3.05) is 9.80 Å². The maximum absolute atomic E-state index is 7.02. The minimum atomic E-state index is -0.354. The van der Waals surface area contributed by atoms with Gasteiger partial charge in [-0.15, -0.1) is 53.6 Å². The van der Waals surface area contributed by atoms with Gasteiger partial charge in [-0.2, -0.15) is 6.07 Å². The van der Waals surface area contributed by atoms with Crippen molar-refractivity contribution in [2.45, 2.75) is 119 Å². The van der Waals surface area contributed by atoms with Crippen LogP contribution in [0.5, 0.6) is 11.5 Å². The van der Waals surface area contributed by atoms with E-state index in [0.29, 0.717) is 11.5 Å². The molecule has 1 aliphatic heterocycles. The van der Waals surface area contributed by atoms with Gasteiger partial charge in [-0.25, -0.2) is 4.98 Å². The Balaban J connectivity index is 0.00000706. The van der Waals surface area contributed by atoms with Crippen molar-refractivity contribution < 1.29 is 25.8 Å². The van der Waals surface area contributed by atoms with E-state index < -0.39 is 0 Å². The van der Waals surface area contributed by atoms with E-state index in [1.165, 1.54) is 33.5 Å². The number of pyridine rings is 1. The predicted octanol–water partition coefficient (Wildman–Crippen LogP) is 18.8. The van der Waals surface area contributed by atoms with Crippen LogP contribution in [0.15, 0.2) is 170 Å². The monoisotopic (exact) mass is 1180 g/mol. The molecule has 0 spiro atoms. The molecule has 1 aliphatic rings. The number of rotatable bonds is 13. The molecule has 0 N–H and O–H groups in total. The third kappa shape index (κ3) is 9.19. The SMILES string of the molecule is CC(C)C(c1ccccc1)(c1cccc(C(c2ccccc2)(C(C)C)C(C)C)c1N1[CH-]N(c2[c-]c(Oc3[c-]c4c(cc3)c3ccccc3n4-c3cc(C(C)(C)C)ccn3)cc(C(C)(C)C)c2)c2ccccc21)C(C)C.[Pt]. The van der Waals surface area contributed by atoms with E-state index in [1.54, 1.807) is 0 Å². The summed E-state index contributed by atoms with van der Waals surface area (Å²) in [5, 5.41) is 2.24. The Morgan fingerprint density at radius 2 is 1.00 bits per heavy atom. The van der Waals surface area contributed by atoms with Gasteiger partial charge in [-0.1, -0.05) is 212 Å². The Kier molecular flexibility index (Phi) is 14.9. The van der Waals surface area contributed by atoms with Gasteiger partial charge in [-0.05, 0) is 98.0 Å². The van der Waals surface area contributed by atoms with Crippen molar-refractivity contribution in [1.82, 2.24) is 9.55 Å². The molecule has 7 aromatic carbocycles. The Morgan fingerprint density at radius 1 is 0.474 bits per heavy atom. The van der Waals surface area contributed by atoms with E-state index in [1.807, 2.05) is 12.3 Å². The van der Waals surface area contributed by atoms with Gasteiger partial charge < -0.3 is 19.1 Å². The Labute approximate surface area is 468 Å². The summed E-state index contributed by atoms with van der Waals surface area (Å²) in [5.74, 6) is 3.11. The molecule has 2 aromatic heterocycles. The molecule has 0 atom stereocenters. The van der Waals surface area contributed by atoms with E-state index in [9.17, 15) is 0 Å². The molecule has 0 aliphatic carbocycles. The molecule has 5 nitrogen and oxygen atoms in total. The molecule has 9 aromatic rings. The summed E-state index contributed by atoms with van der Waals surface area (Å²) in [6, 6.07) is 67.7. The van der Waals surface area contributed by atoms with Crippen molar-refractivity contribution >= 4 is 44.6 Å². The number of nitrogens with zero attached hydrogens (tertiary/aromatic N) is 4. The third-order valence-electron chi connectivity index (χ3n) is 16.5. The van der Waals surface area contributed by atoms with E-state index in [-0.39, 0.29) is 66.4 Å². The molecule has 0 fully saturated rings. The second-order valence-corrected chi connectivity index (χ2v) is 24.2. The minimum Gasteiger partial charge on any atom is -0.509 e. The number of para-hydroxylation sites is 4. The maximum Gasteiger partial charge on any atom is 0.135 e. The molecule has 10 rings (SSSR count). The number of anilines is 4. The Hall–Kier alpha value is -6.42. The first-order valence-corrected chi connectivity index (χ1v) is 27.2. The van der Waals surface area contributed by atoms with Crippen molar-refractivity contribution in [2.24, 2.45) is 23.7 Å². The fraction of sp³-hybridized carbons (Fsp3) is 0.314. The van der Waals surface area contributed by atoms with Gasteiger partial charge in [0.1, 0.15) is 5.82 Å². The van der Waals surface area contributed by atoms with Gasteiger partial charge in [0.2, 0.25) is 0 Å². The number of hydrogen-bond donors (Lipinski definition) is 0. The van der Waals surface area contributed by atoms with Crippen LogP contribution in [0.25, 0.3) is 27.6 Å². The quantitative estimate of drug-likeness (QED) is 0.108.